The second kappa shape index (κ2) is 9.48. The Morgan fingerprint density at radius 2 is 1.86 bits per heavy atom. The van der Waals surface area contributed by atoms with E-state index in [4.69, 9.17) is 17.2 Å². The van der Waals surface area contributed by atoms with Crippen molar-refractivity contribution in [3.05, 3.63) is 12.3 Å². The molecule has 1 rings (SSSR count). The van der Waals surface area contributed by atoms with Crippen molar-refractivity contribution >= 4 is 17.2 Å². The third-order valence-corrected chi connectivity index (χ3v) is 3.89. The number of anilines is 3. The quantitative estimate of drug-likeness (QED) is 0.606. The Labute approximate surface area is 134 Å². The van der Waals surface area contributed by atoms with Gasteiger partial charge in [0.25, 0.3) is 0 Å². The van der Waals surface area contributed by atoms with Crippen LogP contribution in [-0.4, -0.2) is 49.2 Å². The first kappa shape index (κ1) is 18.5. The predicted octanol–water partition coefficient (Wildman–Crippen LogP) is 1.52. The molecule has 0 fully saturated rings. The molecular formula is C16H32N6. The first-order chi connectivity index (χ1) is 10.5. The lowest BCUT2D eigenvalue weighted by Crippen LogP contribution is -2.36. The molecule has 0 saturated heterocycles. The highest BCUT2D eigenvalue weighted by Gasteiger charge is 2.11. The molecule has 0 aliphatic heterocycles. The molecule has 0 amide bonds. The first-order valence-electron chi connectivity index (χ1n) is 8.17. The molecule has 1 atom stereocenters. The Kier molecular flexibility index (Phi) is 7.98. The van der Waals surface area contributed by atoms with E-state index in [0.717, 1.165) is 51.3 Å². The van der Waals surface area contributed by atoms with Gasteiger partial charge in [-0.15, -0.1) is 0 Å². The predicted molar refractivity (Wildman–Crippen MR) is 95.9 cm³/mol. The summed E-state index contributed by atoms with van der Waals surface area (Å²) in [4.78, 5) is 8.85. The number of hydrogen-bond donors (Lipinski definition) is 3. The maximum atomic E-state index is 6.06. The molecule has 6 nitrogen and oxygen atoms in total. The van der Waals surface area contributed by atoms with Crippen LogP contribution in [0.25, 0.3) is 0 Å². The van der Waals surface area contributed by atoms with E-state index in [1.807, 2.05) is 0 Å². The first-order valence-corrected chi connectivity index (χ1v) is 8.17. The molecule has 1 unspecified atom stereocenters. The van der Waals surface area contributed by atoms with Crippen LogP contribution in [0.15, 0.2) is 12.3 Å². The van der Waals surface area contributed by atoms with Crippen molar-refractivity contribution < 1.29 is 0 Å². The largest absolute Gasteiger partial charge is 0.397 e. The molecule has 6 N–H and O–H groups in total. The van der Waals surface area contributed by atoms with E-state index < -0.39 is 0 Å². The molecule has 22 heavy (non-hydrogen) atoms. The molecule has 0 aromatic carbocycles. The second-order valence-corrected chi connectivity index (χ2v) is 5.90. The van der Waals surface area contributed by atoms with Gasteiger partial charge in [-0.1, -0.05) is 13.3 Å². The molecule has 1 aromatic heterocycles. The van der Waals surface area contributed by atoms with Crippen molar-refractivity contribution in [1.82, 2.24) is 9.88 Å². The molecular weight excluding hydrogens is 276 g/mol. The van der Waals surface area contributed by atoms with E-state index in [2.05, 4.69) is 35.7 Å². The molecule has 6 heteroatoms. The van der Waals surface area contributed by atoms with Gasteiger partial charge in [0.2, 0.25) is 0 Å². The summed E-state index contributed by atoms with van der Waals surface area (Å²) in [6, 6.07) is 2.07. The number of nitrogen functional groups attached to an aromatic ring is 2. The van der Waals surface area contributed by atoms with Crippen molar-refractivity contribution in [3.8, 4) is 0 Å². The van der Waals surface area contributed by atoms with Gasteiger partial charge in [-0.3, -0.25) is 0 Å². The summed E-state index contributed by atoms with van der Waals surface area (Å²) >= 11 is 0. The van der Waals surface area contributed by atoms with Gasteiger partial charge in [-0.2, -0.15) is 0 Å². The van der Waals surface area contributed by atoms with Crippen LogP contribution < -0.4 is 22.1 Å². The fourth-order valence-electron chi connectivity index (χ4n) is 2.47. The highest BCUT2D eigenvalue weighted by molar-refractivity contribution is 5.66. The van der Waals surface area contributed by atoms with Crippen LogP contribution in [0.4, 0.5) is 17.2 Å². The summed E-state index contributed by atoms with van der Waals surface area (Å²) < 4.78 is 0. The zero-order chi connectivity index (χ0) is 16.5. The van der Waals surface area contributed by atoms with E-state index in [9.17, 15) is 0 Å². The van der Waals surface area contributed by atoms with E-state index in [-0.39, 0.29) is 0 Å². The summed E-state index contributed by atoms with van der Waals surface area (Å²) in [7, 11) is 2.13. The van der Waals surface area contributed by atoms with Gasteiger partial charge in [0.15, 0.2) is 5.82 Å². The smallest absolute Gasteiger partial charge is 0.151 e. The summed E-state index contributed by atoms with van der Waals surface area (Å²) in [5.41, 5.74) is 19.0. The molecule has 0 bridgehead atoms. The summed E-state index contributed by atoms with van der Waals surface area (Å²) in [6.45, 7) is 8.00. The fourth-order valence-corrected chi connectivity index (χ4v) is 2.47. The Morgan fingerprint density at radius 1 is 1.14 bits per heavy atom. The van der Waals surface area contributed by atoms with Gasteiger partial charge in [-0.05, 0) is 39.4 Å². The maximum absolute atomic E-state index is 6.06. The zero-order valence-electron chi connectivity index (χ0n) is 14.3. The van der Waals surface area contributed by atoms with Crippen LogP contribution in [0.3, 0.4) is 0 Å². The van der Waals surface area contributed by atoms with Crippen molar-refractivity contribution in [2.45, 2.75) is 39.2 Å². The second-order valence-electron chi connectivity index (χ2n) is 5.90. The van der Waals surface area contributed by atoms with E-state index in [1.54, 1.807) is 12.3 Å². The van der Waals surface area contributed by atoms with Crippen molar-refractivity contribution in [2.75, 3.05) is 49.6 Å². The van der Waals surface area contributed by atoms with E-state index in [0.29, 0.717) is 17.4 Å². The fraction of sp³-hybridized carbons (Fsp3) is 0.688. The van der Waals surface area contributed by atoms with Crippen molar-refractivity contribution in [1.29, 1.82) is 0 Å². The van der Waals surface area contributed by atoms with Crippen LogP contribution in [0, 0.1) is 0 Å². The summed E-state index contributed by atoms with van der Waals surface area (Å²) in [6.07, 6.45) is 4.94. The zero-order valence-corrected chi connectivity index (χ0v) is 14.3. The topological polar surface area (TPSA) is 97.4 Å². The number of likely N-dealkylation sites (N-methyl/N-ethyl adjacent to an activating group) is 2. The minimum Gasteiger partial charge on any atom is -0.397 e. The Balaban J connectivity index is 2.46. The lowest BCUT2D eigenvalue weighted by molar-refractivity contribution is 0.319. The normalized spacial score (nSPS) is 12.6. The minimum absolute atomic E-state index is 0.309. The average Bonchev–Trinajstić information content (AvgIpc) is 2.47. The molecule has 1 aromatic rings. The van der Waals surface area contributed by atoms with Crippen LogP contribution in [0.5, 0.6) is 0 Å². The van der Waals surface area contributed by atoms with Crippen molar-refractivity contribution in [2.24, 2.45) is 5.73 Å². The number of nitrogens with zero attached hydrogens (tertiary/aromatic N) is 3. The lowest BCUT2D eigenvalue weighted by atomic mass is 10.1. The van der Waals surface area contributed by atoms with Gasteiger partial charge in [-0.25, -0.2) is 4.98 Å². The van der Waals surface area contributed by atoms with E-state index in [1.165, 1.54) is 0 Å². The SMILES string of the molecule is CCCC(N)CCN(C)CCN(CC)c1ncc(N)cc1N. The Bertz CT molecular complexity index is 437. The molecule has 0 spiro atoms. The van der Waals surface area contributed by atoms with Crippen LogP contribution in [0.2, 0.25) is 0 Å². The third-order valence-electron chi connectivity index (χ3n) is 3.89. The summed E-state index contributed by atoms with van der Waals surface area (Å²) in [5, 5.41) is 0. The van der Waals surface area contributed by atoms with Gasteiger partial charge < -0.3 is 27.0 Å². The van der Waals surface area contributed by atoms with Crippen molar-refractivity contribution in [3.63, 3.8) is 0 Å². The van der Waals surface area contributed by atoms with E-state index >= 15 is 0 Å². The highest BCUT2D eigenvalue weighted by Crippen LogP contribution is 2.21. The molecule has 126 valence electrons. The van der Waals surface area contributed by atoms with Crippen LogP contribution in [0.1, 0.15) is 33.1 Å². The summed E-state index contributed by atoms with van der Waals surface area (Å²) in [5.74, 6) is 0.813. The molecule has 0 aliphatic rings. The van der Waals surface area contributed by atoms with Crippen LogP contribution in [-0.2, 0) is 0 Å². The van der Waals surface area contributed by atoms with Gasteiger partial charge in [0, 0.05) is 25.7 Å². The number of aromatic nitrogens is 1. The monoisotopic (exact) mass is 308 g/mol. The number of pyridine rings is 1. The molecule has 0 saturated carbocycles. The molecule has 0 radical (unpaired) electrons. The van der Waals surface area contributed by atoms with Gasteiger partial charge in [0.05, 0.1) is 17.6 Å². The lowest BCUT2D eigenvalue weighted by Gasteiger charge is -2.27. The average molecular weight is 308 g/mol. The number of hydrogen-bond acceptors (Lipinski definition) is 6. The minimum atomic E-state index is 0.309. The number of nitrogens with two attached hydrogens (primary N) is 3. The highest BCUT2D eigenvalue weighted by atomic mass is 15.2. The maximum Gasteiger partial charge on any atom is 0.151 e. The molecule has 1 heterocycles. The Morgan fingerprint density at radius 3 is 2.45 bits per heavy atom. The third kappa shape index (κ3) is 6.07. The van der Waals surface area contributed by atoms with Gasteiger partial charge in [0.1, 0.15) is 0 Å². The standard InChI is InChI=1S/C16H32N6/c1-4-6-13(17)7-8-21(3)9-10-22(5-2)16-15(19)11-14(18)12-20-16/h11-13H,4-10,17-19H2,1-3H3. The van der Waals surface area contributed by atoms with Gasteiger partial charge >= 0.3 is 0 Å². The molecule has 0 aliphatic carbocycles. The van der Waals surface area contributed by atoms with Crippen LogP contribution >= 0.6 is 0 Å². The Hall–Kier alpha value is -1.53. The number of rotatable bonds is 10.